The van der Waals surface area contributed by atoms with Crippen LogP contribution in [-0.2, 0) is 9.59 Å². The normalized spacial score (nSPS) is 10.7. The van der Waals surface area contributed by atoms with Gasteiger partial charge in [-0.25, -0.2) is 0 Å². The molecule has 0 aromatic heterocycles. The van der Waals surface area contributed by atoms with Crippen molar-refractivity contribution in [1.29, 1.82) is 5.26 Å². The Kier molecular flexibility index (Phi) is 8.27. The molecule has 34 heavy (non-hydrogen) atoms. The standard InChI is InChI=1S/C26H22ClN3O4/c1-17-7-3-5-9-21(17)30-26(32)19(15-28)13-18-11-12-23(24(14-18)33-2)34-16-25(31)29-22-10-6-4-8-20(22)27/h3-14H,16H2,1-2H3,(H,29,31)(H,30,32)/b19-13-. The number of halogens is 1. The van der Waals surface area contributed by atoms with Crippen molar-refractivity contribution in [2.45, 2.75) is 6.92 Å². The van der Waals surface area contributed by atoms with Crippen molar-refractivity contribution in [2.75, 3.05) is 24.4 Å². The highest BCUT2D eigenvalue weighted by molar-refractivity contribution is 6.33. The lowest BCUT2D eigenvalue weighted by molar-refractivity contribution is -0.118. The van der Waals surface area contributed by atoms with Crippen LogP contribution in [0.4, 0.5) is 11.4 Å². The van der Waals surface area contributed by atoms with E-state index in [1.165, 1.54) is 13.2 Å². The Morgan fingerprint density at radius 2 is 1.71 bits per heavy atom. The van der Waals surface area contributed by atoms with E-state index in [1.54, 1.807) is 54.6 Å². The number of carbonyl (C=O) groups is 2. The third-order valence-corrected chi connectivity index (χ3v) is 5.09. The fraction of sp³-hybridized carbons (Fsp3) is 0.115. The number of amides is 2. The van der Waals surface area contributed by atoms with Crippen molar-refractivity contribution in [2.24, 2.45) is 0 Å². The molecular formula is C26H22ClN3O4. The molecule has 0 aliphatic rings. The first kappa shape index (κ1) is 24.4. The fourth-order valence-corrected chi connectivity index (χ4v) is 3.19. The van der Waals surface area contributed by atoms with Crippen molar-refractivity contribution in [3.63, 3.8) is 0 Å². The molecule has 0 fully saturated rings. The molecule has 0 spiro atoms. The minimum atomic E-state index is -0.521. The zero-order valence-corrected chi connectivity index (χ0v) is 19.3. The second-order valence-corrected chi connectivity index (χ2v) is 7.57. The Morgan fingerprint density at radius 1 is 1.00 bits per heavy atom. The van der Waals surface area contributed by atoms with Gasteiger partial charge in [0.2, 0.25) is 0 Å². The summed E-state index contributed by atoms with van der Waals surface area (Å²) >= 11 is 6.05. The van der Waals surface area contributed by atoms with Crippen molar-refractivity contribution in [3.8, 4) is 17.6 Å². The Hall–Kier alpha value is -4.28. The summed E-state index contributed by atoms with van der Waals surface area (Å²) in [5, 5.41) is 15.3. The van der Waals surface area contributed by atoms with Crippen molar-refractivity contribution in [3.05, 3.63) is 88.5 Å². The van der Waals surface area contributed by atoms with Gasteiger partial charge in [0.1, 0.15) is 11.6 Å². The van der Waals surface area contributed by atoms with Gasteiger partial charge in [0.25, 0.3) is 11.8 Å². The quantitative estimate of drug-likeness (QED) is 0.343. The van der Waals surface area contributed by atoms with E-state index in [0.717, 1.165) is 5.56 Å². The SMILES string of the molecule is COc1cc(/C=C(/C#N)C(=O)Nc2ccccc2C)ccc1OCC(=O)Nc1ccccc1Cl. The molecule has 0 unspecified atom stereocenters. The maximum Gasteiger partial charge on any atom is 0.266 e. The van der Waals surface area contributed by atoms with Gasteiger partial charge >= 0.3 is 0 Å². The lowest BCUT2D eigenvalue weighted by Crippen LogP contribution is -2.20. The maximum atomic E-state index is 12.6. The smallest absolute Gasteiger partial charge is 0.266 e. The summed E-state index contributed by atoms with van der Waals surface area (Å²) in [6.45, 7) is 1.60. The molecule has 0 saturated carbocycles. The summed E-state index contributed by atoms with van der Waals surface area (Å²) in [5.74, 6) is -0.237. The molecule has 3 aromatic carbocycles. The third kappa shape index (κ3) is 6.37. The zero-order chi connectivity index (χ0) is 24.5. The van der Waals surface area contributed by atoms with Crippen molar-refractivity contribution < 1.29 is 19.1 Å². The fourth-order valence-electron chi connectivity index (χ4n) is 3.00. The highest BCUT2D eigenvalue weighted by Crippen LogP contribution is 2.29. The van der Waals surface area contributed by atoms with E-state index in [0.29, 0.717) is 33.5 Å². The number of anilines is 2. The Balaban J connectivity index is 1.69. The molecule has 0 aliphatic carbocycles. The van der Waals surface area contributed by atoms with E-state index in [2.05, 4.69) is 10.6 Å². The summed E-state index contributed by atoms with van der Waals surface area (Å²) in [6, 6.07) is 21.0. The van der Waals surface area contributed by atoms with E-state index in [9.17, 15) is 14.9 Å². The van der Waals surface area contributed by atoms with Gasteiger partial charge in [0.15, 0.2) is 18.1 Å². The van der Waals surface area contributed by atoms with Gasteiger partial charge in [-0.2, -0.15) is 5.26 Å². The first-order valence-corrected chi connectivity index (χ1v) is 10.6. The second kappa shape index (κ2) is 11.5. The Bertz CT molecular complexity index is 1280. The van der Waals surface area contributed by atoms with E-state index < -0.39 is 11.8 Å². The number of nitrogens with zero attached hydrogens (tertiary/aromatic N) is 1. The van der Waals surface area contributed by atoms with E-state index in [4.69, 9.17) is 21.1 Å². The van der Waals surface area contributed by atoms with Gasteiger partial charge in [0.05, 0.1) is 17.8 Å². The van der Waals surface area contributed by atoms with Gasteiger partial charge in [-0.3, -0.25) is 9.59 Å². The van der Waals surface area contributed by atoms with Crippen LogP contribution in [0.25, 0.3) is 6.08 Å². The first-order chi connectivity index (χ1) is 16.4. The highest BCUT2D eigenvalue weighted by Gasteiger charge is 2.13. The number of hydrogen-bond donors (Lipinski definition) is 2. The van der Waals surface area contributed by atoms with Crippen LogP contribution in [0.1, 0.15) is 11.1 Å². The molecule has 2 amide bonds. The maximum absolute atomic E-state index is 12.6. The minimum Gasteiger partial charge on any atom is -0.493 e. The molecule has 0 bridgehead atoms. The van der Waals surface area contributed by atoms with Crippen LogP contribution < -0.4 is 20.1 Å². The average Bonchev–Trinajstić information content (AvgIpc) is 2.84. The molecule has 0 atom stereocenters. The highest BCUT2D eigenvalue weighted by atomic mass is 35.5. The summed E-state index contributed by atoms with van der Waals surface area (Å²) in [7, 11) is 1.45. The Labute approximate surface area is 202 Å². The number of methoxy groups -OCH3 is 1. The van der Waals surface area contributed by atoms with E-state index in [-0.39, 0.29) is 12.2 Å². The number of para-hydroxylation sites is 2. The number of nitriles is 1. The number of nitrogens with one attached hydrogen (secondary N) is 2. The predicted molar refractivity (Wildman–Crippen MR) is 132 cm³/mol. The van der Waals surface area contributed by atoms with Crippen LogP contribution >= 0.6 is 11.6 Å². The monoisotopic (exact) mass is 475 g/mol. The summed E-state index contributed by atoms with van der Waals surface area (Å²) in [6.07, 6.45) is 1.45. The lowest BCUT2D eigenvalue weighted by atomic mass is 10.1. The molecule has 7 nitrogen and oxygen atoms in total. The van der Waals surface area contributed by atoms with Crippen LogP contribution in [-0.4, -0.2) is 25.5 Å². The molecule has 172 valence electrons. The van der Waals surface area contributed by atoms with Crippen molar-refractivity contribution in [1.82, 2.24) is 0 Å². The molecule has 3 aromatic rings. The molecule has 3 rings (SSSR count). The van der Waals surface area contributed by atoms with E-state index in [1.807, 2.05) is 25.1 Å². The van der Waals surface area contributed by atoms with Crippen LogP contribution in [0.3, 0.4) is 0 Å². The summed E-state index contributed by atoms with van der Waals surface area (Å²) in [5.41, 5.74) is 2.48. The second-order valence-electron chi connectivity index (χ2n) is 7.17. The molecule has 0 heterocycles. The van der Waals surface area contributed by atoms with Crippen LogP contribution in [0.15, 0.2) is 72.3 Å². The molecule has 0 saturated heterocycles. The summed E-state index contributed by atoms with van der Waals surface area (Å²) < 4.78 is 10.9. The number of rotatable bonds is 8. The minimum absolute atomic E-state index is 0.0712. The number of ether oxygens (including phenoxy) is 2. The van der Waals surface area contributed by atoms with Gasteiger partial charge in [-0.05, 0) is 54.5 Å². The van der Waals surface area contributed by atoms with Gasteiger partial charge < -0.3 is 20.1 Å². The topological polar surface area (TPSA) is 100 Å². The summed E-state index contributed by atoms with van der Waals surface area (Å²) in [4.78, 5) is 24.8. The number of carbonyl (C=O) groups excluding carboxylic acids is 2. The number of hydrogen-bond acceptors (Lipinski definition) is 5. The van der Waals surface area contributed by atoms with Crippen LogP contribution in [0.2, 0.25) is 5.02 Å². The number of benzene rings is 3. The molecule has 8 heteroatoms. The first-order valence-electron chi connectivity index (χ1n) is 10.2. The predicted octanol–water partition coefficient (Wildman–Crippen LogP) is 5.22. The van der Waals surface area contributed by atoms with Crippen LogP contribution in [0.5, 0.6) is 11.5 Å². The molecule has 0 radical (unpaired) electrons. The van der Waals surface area contributed by atoms with E-state index >= 15 is 0 Å². The van der Waals surface area contributed by atoms with Gasteiger partial charge in [-0.1, -0.05) is 48.0 Å². The number of aryl methyl sites for hydroxylation is 1. The Morgan fingerprint density at radius 3 is 2.38 bits per heavy atom. The van der Waals surface area contributed by atoms with Crippen molar-refractivity contribution >= 4 is 40.9 Å². The molecule has 0 aliphatic heterocycles. The third-order valence-electron chi connectivity index (χ3n) is 4.76. The molecular weight excluding hydrogens is 454 g/mol. The molecule has 2 N–H and O–H groups in total. The largest absolute Gasteiger partial charge is 0.493 e. The average molecular weight is 476 g/mol. The van der Waals surface area contributed by atoms with Crippen LogP contribution in [0, 0.1) is 18.3 Å². The zero-order valence-electron chi connectivity index (χ0n) is 18.6. The van der Waals surface area contributed by atoms with Gasteiger partial charge in [-0.15, -0.1) is 0 Å². The lowest BCUT2D eigenvalue weighted by Gasteiger charge is -2.12. The van der Waals surface area contributed by atoms with Gasteiger partial charge in [0, 0.05) is 5.69 Å².